The number of amides is 2. The van der Waals surface area contributed by atoms with E-state index in [0.29, 0.717) is 25.9 Å². The lowest BCUT2D eigenvalue weighted by Crippen LogP contribution is -2.45. The molecular formula is C18H22N6O2. The van der Waals surface area contributed by atoms with E-state index in [0.717, 1.165) is 16.6 Å². The summed E-state index contributed by atoms with van der Waals surface area (Å²) in [5.41, 5.74) is 7.43. The lowest BCUT2D eigenvalue weighted by atomic mass is 9.96. The number of nitrogens with one attached hydrogen (secondary N) is 1. The van der Waals surface area contributed by atoms with Crippen LogP contribution in [0.4, 0.5) is 5.95 Å². The maximum absolute atomic E-state index is 12.3. The first-order valence-electron chi connectivity index (χ1n) is 8.58. The van der Waals surface area contributed by atoms with E-state index in [-0.39, 0.29) is 29.6 Å². The maximum Gasteiger partial charge on any atom is 0.253 e. The Kier molecular flexibility index (Phi) is 5.11. The minimum Gasteiger partial charge on any atom is -0.369 e. The van der Waals surface area contributed by atoms with Crippen LogP contribution < -0.4 is 11.1 Å². The van der Waals surface area contributed by atoms with Gasteiger partial charge in [0.1, 0.15) is 0 Å². The van der Waals surface area contributed by atoms with Gasteiger partial charge in [0.05, 0.1) is 11.2 Å². The molecule has 2 aromatic rings. The Balaban J connectivity index is 1.67. The fourth-order valence-electron chi connectivity index (χ4n) is 3.09. The summed E-state index contributed by atoms with van der Waals surface area (Å²) in [6, 6.07) is 7.63. The molecule has 0 saturated carbocycles. The van der Waals surface area contributed by atoms with Crippen molar-refractivity contribution < 1.29 is 9.59 Å². The number of aryl methyl sites for hydroxylation is 1. The van der Waals surface area contributed by atoms with Crippen LogP contribution in [0.1, 0.15) is 25.5 Å². The summed E-state index contributed by atoms with van der Waals surface area (Å²) in [6.45, 7) is 4.58. The number of aliphatic imine (C=N–C) groups is 1. The lowest BCUT2D eigenvalue weighted by molar-refractivity contribution is -0.133. The predicted octanol–water partition coefficient (Wildman–Crippen LogP) is 1.26. The monoisotopic (exact) mass is 354 g/mol. The number of rotatable bonds is 2. The van der Waals surface area contributed by atoms with Gasteiger partial charge in [-0.1, -0.05) is 18.2 Å². The zero-order chi connectivity index (χ0) is 18.7. The molecule has 0 aliphatic carbocycles. The molecule has 136 valence electrons. The Morgan fingerprint density at radius 1 is 1.23 bits per heavy atom. The molecule has 1 aromatic carbocycles. The number of carbonyl (C=O) groups is 2. The van der Waals surface area contributed by atoms with Crippen molar-refractivity contribution >= 4 is 34.6 Å². The van der Waals surface area contributed by atoms with Crippen molar-refractivity contribution in [1.82, 2.24) is 20.2 Å². The molecule has 0 radical (unpaired) electrons. The van der Waals surface area contributed by atoms with Crippen LogP contribution in [-0.4, -0.2) is 45.7 Å². The van der Waals surface area contributed by atoms with E-state index in [1.807, 2.05) is 31.2 Å². The van der Waals surface area contributed by atoms with Gasteiger partial charge in [-0.3, -0.25) is 14.9 Å². The van der Waals surface area contributed by atoms with Gasteiger partial charge in [-0.05, 0) is 25.8 Å². The summed E-state index contributed by atoms with van der Waals surface area (Å²) in [6.07, 6.45) is 1.23. The quantitative estimate of drug-likeness (QED) is 0.622. The van der Waals surface area contributed by atoms with Gasteiger partial charge in [0.2, 0.25) is 17.8 Å². The van der Waals surface area contributed by atoms with E-state index in [1.165, 1.54) is 6.92 Å². The number of piperidine rings is 1. The third kappa shape index (κ3) is 3.96. The van der Waals surface area contributed by atoms with Crippen LogP contribution in [0.2, 0.25) is 0 Å². The average Bonchev–Trinajstić information content (AvgIpc) is 2.61. The molecule has 2 heterocycles. The van der Waals surface area contributed by atoms with Crippen molar-refractivity contribution in [1.29, 1.82) is 0 Å². The van der Waals surface area contributed by atoms with Gasteiger partial charge in [0.15, 0.2) is 0 Å². The lowest BCUT2D eigenvalue weighted by Gasteiger charge is -2.30. The number of hydrogen-bond acceptors (Lipinski definition) is 5. The number of carbonyl (C=O) groups excluding carboxylic acids is 2. The molecule has 0 spiro atoms. The SMILES string of the molecule is CC(=O)N1CCC(C(=O)N/C(N)=N/c2nc(C)c3ccccc3n2)CC1. The zero-order valence-electron chi connectivity index (χ0n) is 14.9. The maximum atomic E-state index is 12.3. The molecule has 1 fully saturated rings. The molecule has 1 saturated heterocycles. The van der Waals surface area contributed by atoms with E-state index in [1.54, 1.807) is 4.90 Å². The third-order valence-corrected chi connectivity index (χ3v) is 4.56. The first-order valence-corrected chi connectivity index (χ1v) is 8.58. The highest BCUT2D eigenvalue weighted by Gasteiger charge is 2.26. The molecule has 3 rings (SSSR count). The largest absolute Gasteiger partial charge is 0.369 e. The van der Waals surface area contributed by atoms with Gasteiger partial charge >= 0.3 is 0 Å². The van der Waals surface area contributed by atoms with Crippen LogP contribution in [-0.2, 0) is 9.59 Å². The molecule has 0 bridgehead atoms. The number of aromatic nitrogens is 2. The van der Waals surface area contributed by atoms with Gasteiger partial charge in [0.25, 0.3) is 5.95 Å². The van der Waals surface area contributed by atoms with Gasteiger partial charge in [0, 0.05) is 31.3 Å². The summed E-state index contributed by atoms with van der Waals surface area (Å²) in [5, 5.41) is 3.57. The number of para-hydroxylation sites is 1. The molecule has 2 amide bonds. The second kappa shape index (κ2) is 7.47. The zero-order valence-corrected chi connectivity index (χ0v) is 14.9. The van der Waals surface area contributed by atoms with E-state index >= 15 is 0 Å². The third-order valence-electron chi connectivity index (χ3n) is 4.56. The molecule has 8 heteroatoms. The van der Waals surface area contributed by atoms with Gasteiger partial charge in [-0.15, -0.1) is 0 Å². The number of guanidine groups is 1. The molecular weight excluding hydrogens is 332 g/mol. The number of likely N-dealkylation sites (tertiary alicyclic amines) is 1. The normalized spacial score (nSPS) is 15.9. The molecule has 1 aromatic heterocycles. The smallest absolute Gasteiger partial charge is 0.253 e. The Morgan fingerprint density at radius 2 is 1.92 bits per heavy atom. The fraction of sp³-hybridized carbons (Fsp3) is 0.389. The summed E-state index contributed by atoms with van der Waals surface area (Å²) in [7, 11) is 0. The van der Waals surface area contributed by atoms with Crippen molar-refractivity contribution in [2.45, 2.75) is 26.7 Å². The molecule has 0 atom stereocenters. The second-order valence-corrected chi connectivity index (χ2v) is 6.39. The highest BCUT2D eigenvalue weighted by molar-refractivity contribution is 5.98. The van der Waals surface area contributed by atoms with Gasteiger partial charge < -0.3 is 10.6 Å². The molecule has 26 heavy (non-hydrogen) atoms. The first-order chi connectivity index (χ1) is 12.4. The van der Waals surface area contributed by atoms with Crippen LogP contribution >= 0.6 is 0 Å². The highest BCUT2D eigenvalue weighted by atomic mass is 16.2. The Morgan fingerprint density at radius 3 is 2.62 bits per heavy atom. The molecule has 1 aliphatic heterocycles. The number of nitrogens with two attached hydrogens (primary N) is 1. The minimum absolute atomic E-state index is 0.0290. The Labute approximate surface area is 151 Å². The number of hydrogen-bond donors (Lipinski definition) is 2. The number of nitrogens with zero attached hydrogens (tertiary/aromatic N) is 4. The van der Waals surface area contributed by atoms with Crippen molar-refractivity contribution in [2.75, 3.05) is 13.1 Å². The van der Waals surface area contributed by atoms with Crippen LogP contribution in [0.15, 0.2) is 29.3 Å². The molecule has 1 aliphatic rings. The summed E-state index contributed by atoms with van der Waals surface area (Å²) in [4.78, 5) is 38.2. The fourth-order valence-corrected chi connectivity index (χ4v) is 3.09. The van der Waals surface area contributed by atoms with E-state index in [2.05, 4.69) is 20.3 Å². The Hall–Kier alpha value is -3.03. The number of benzene rings is 1. The topological polar surface area (TPSA) is 114 Å². The van der Waals surface area contributed by atoms with Gasteiger partial charge in [-0.2, -0.15) is 4.99 Å². The molecule has 3 N–H and O–H groups in total. The summed E-state index contributed by atoms with van der Waals surface area (Å²) in [5.74, 6) is -0.150. The predicted molar refractivity (Wildman–Crippen MR) is 98.7 cm³/mol. The summed E-state index contributed by atoms with van der Waals surface area (Å²) < 4.78 is 0. The summed E-state index contributed by atoms with van der Waals surface area (Å²) >= 11 is 0. The van der Waals surface area contributed by atoms with E-state index in [4.69, 9.17) is 5.73 Å². The second-order valence-electron chi connectivity index (χ2n) is 6.39. The molecule has 8 nitrogen and oxygen atoms in total. The van der Waals surface area contributed by atoms with Crippen molar-refractivity contribution in [3.8, 4) is 0 Å². The van der Waals surface area contributed by atoms with Crippen molar-refractivity contribution in [3.63, 3.8) is 0 Å². The van der Waals surface area contributed by atoms with E-state index < -0.39 is 0 Å². The number of fused-ring (bicyclic) bond motifs is 1. The first kappa shape index (κ1) is 17.8. The average molecular weight is 354 g/mol. The van der Waals surface area contributed by atoms with Crippen molar-refractivity contribution in [3.05, 3.63) is 30.0 Å². The highest BCUT2D eigenvalue weighted by Crippen LogP contribution is 2.19. The van der Waals surface area contributed by atoms with Crippen LogP contribution in [0.25, 0.3) is 10.9 Å². The Bertz CT molecular complexity index is 871. The molecule has 0 unspecified atom stereocenters. The van der Waals surface area contributed by atoms with Gasteiger partial charge in [-0.25, -0.2) is 9.97 Å². The minimum atomic E-state index is -0.188. The van der Waals surface area contributed by atoms with E-state index in [9.17, 15) is 9.59 Å². The van der Waals surface area contributed by atoms with Crippen LogP contribution in [0.3, 0.4) is 0 Å². The van der Waals surface area contributed by atoms with Crippen molar-refractivity contribution in [2.24, 2.45) is 16.6 Å². The standard InChI is InChI=1S/C18H22N6O2/c1-11-14-5-3-4-6-15(14)21-18(20-11)23-17(19)22-16(26)13-7-9-24(10-8-13)12(2)25/h3-6,13H,7-10H2,1-2H3,(H3,19,20,21,22,23,26). The van der Waals surface area contributed by atoms with Crippen LogP contribution in [0.5, 0.6) is 0 Å². The van der Waals surface area contributed by atoms with Crippen LogP contribution in [0, 0.1) is 12.8 Å².